The number of benzene rings is 3. The third kappa shape index (κ3) is 4.17. The molecule has 4 rings (SSSR count). The van der Waals surface area contributed by atoms with Crippen LogP contribution in [0.15, 0.2) is 72.4 Å². The van der Waals surface area contributed by atoms with Gasteiger partial charge in [-0.1, -0.05) is 41.9 Å². The van der Waals surface area contributed by atoms with Crippen molar-refractivity contribution in [3.8, 4) is 11.5 Å². The topological polar surface area (TPSA) is 67.9 Å². The maximum atomic E-state index is 13.6. The number of carbonyl (C=O) groups excluding carboxylic acids is 2. The summed E-state index contributed by atoms with van der Waals surface area (Å²) in [6, 6.07) is 19.4. The average Bonchev–Trinajstić information content (AvgIpc) is 3.06. The van der Waals surface area contributed by atoms with Crippen molar-refractivity contribution in [3.05, 3.63) is 88.6 Å². The second kappa shape index (κ2) is 9.38. The van der Waals surface area contributed by atoms with Crippen molar-refractivity contribution in [1.29, 1.82) is 0 Å². The predicted octanol–water partition coefficient (Wildman–Crippen LogP) is 5.45. The van der Waals surface area contributed by atoms with Crippen molar-refractivity contribution in [2.45, 2.75) is 13.8 Å². The molecule has 3 aromatic rings. The van der Waals surface area contributed by atoms with E-state index < -0.39 is 11.8 Å². The number of anilines is 2. The predicted molar refractivity (Wildman–Crippen MR) is 130 cm³/mol. The Kier molecular flexibility index (Phi) is 6.38. The van der Waals surface area contributed by atoms with E-state index in [-0.39, 0.29) is 11.3 Å². The fourth-order valence-corrected chi connectivity index (χ4v) is 3.88. The van der Waals surface area contributed by atoms with E-state index in [0.717, 1.165) is 4.90 Å². The highest BCUT2D eigenvalue weighted by Gasteiger charge is 2.41. The molecule has 0 radical (unpaired) electrons. The van der Waals surface area contributed by atoms with Gasteiger partial charge in [0.15, 0.2) is 0 Å². The minimum Gasteiger partial charge on any atom is -0.497 e. The van der Waals surface area contributed by atoms with Crippen molar-refractivity contribution in [3.63, 3.8) is 0 Å². The first-order chi connectivity index (χ1) is 16.0. The highest BCUT2D eigenvalue weighted by molar-refractivity contribution is 6.46. The third-order valence-electron chi connectivity index (χ3n) is 5.39. The standard InChI is InChI=1S/C26H23ClN2O4/c1-4-33-22-11-6-5-9-20(22)28-24-23(17-12-14-18(32-3)15-13-17)25(30)29(26(24)31)21-10-7-8-19(27)16(21)2/h5-15,28H,4H2,1-3H3. The van der Waals surface area contributed by atoms with Crippen LogP contribution in [0, 0.1) is 6.92 Å². The van der Waals surface area contributed by atoms with E-state index in [1.807, 2.05) is 19.1 Å². The van der Waals surface area contributed by atoms with Gasteiger partial charge in [0.25, 0.3) is 11.8 Å². The first-order valence-corrected chi connectivity index (χ1v) is 10.9. The lowest BCUT2D eigenvalue weighted by molar-refractivity contribution is -0.120. The number of nitrogens with zero attached hydrogens (tertiary/aromatic N) is 1. The zero-order chi connectivity index (χ0) is 23.5. The number of rotatable bonds is 7. The van der Waals surface area contributed by atoms with Crippen molar-refractivity contribution in [2.75, 3.05) is 23.9 Å². The van der Waals surface area contributed by atoms with Crippen molar-refractivity contribution in [2.24, 2.45) is 0 Å². The Hall–Kier alpha value is -3.77. The van der Waals surface area contributed by atoms with E-state index in [1.165, 1.54) is 0 Å². The van der Waals surface area contributed by atoms with Gasteiger partial charge < -0.3 is 14.8 Å². The Morgan fingerprint density at radius 2 is 1.67 bits per heavy atom. The molecule has 0 bridgehead atoms. The number of amides is 2. The van der Waals surface area contributed by atoms with Crippen LogP contribution < -0.4 is 19.7 Å². The summed E-state index contributed by atoms with van der Waals surface area (Å²) in [5, 5.41) is 3.64. The van der Waals surface area contributed by atoms with Crippen LogP contribution in [0.4, 0.5) is 11.4 Å². The molecule has 1 aliphatic heterocycles. The number of methoxy groups -OCH3 is 1. The smallest absolute Gasteiger partial charge is 0.282 e. The monoisotopic (exact) mass is 462 g/mol. The third-order valence-corrected chi connectivity index (χ3v) is 5.80. The Morgan fingerprint density at radius 3 is 2.36 bits per heavy atom. The van der Waals surface area contributed by atoms with Gasteiger partial charge in [-0.05, 0) is 61.4 Å². The molecule has 33 heavy (non-hydrogen) atoms. The zero-order valence-electron chi connectivity index (χ0n) is 18.5. The number of imide groups is 1. The molecule has 0 aromatic heterocycles. The molecular formula is C26H23ClN2O4. The number of hydrogen-bond donors (Lipinski definition) is 1. The van der Waals surface area contributed by atoms with Crippen LogP contribution in [0.1, 0.15) is 18.1 Å². The molecular weight excluding hydrogens is 440 g/mol. The molecule has 2 amide bonds. The van der Waals surface area contributed by atoms with E-state index in [0.29, 0.717) is 45.6 Å². The number of carbonyl (C=O) groups is 2. The molecule has 1 N–H and O–H groups in total. The Labute approximate surface area is 197 Å². The van der Waals surface area contributed by atoms with E-state index in [1.54, 1.807) is 68.6 Å². The fraction of sp³-hybridized carbons (Fsp3) is 0.154. The van der Waals surface area contributed by atoms with E-state index in [4.69, 9.17) is 21.1 Å². The second-order valence-corrected chi connectivity index (χ2v) is 7.77. The van der Waals surface area contributed by atoms with Gasteiger partial charge in [0, 0.05) is 5.02 Å². The van der Waals surface area contributed by atoms with Crippen LogP contribution in [0.3, 0.4) is 0 Å². The fourth-order valence-electron chi connectivity index (χ4n) is 3.71. The molecule has 7 heteroatoms. The summed E-state index contributed by atoms with van der Waals surface area (Å²) >= 11 is 6.29. The van der Waals surface area contributed by atoms with Crippen LogP contribution >= 0.6 is 11.6 Å². The minimum absolute atomic E-state index is 0.164. The summed E-state index contributed by atoms with van der Waals surface area (Å²) in [6.07, 6.45) is 0. The van der Waals surface area contributed by atoms with E-state index in [9.17, 15) is 9.59 Å². The number of hydrogen-bond acceptors (Lipinski definition) is 5. The average molecular weight is 463 g/mol. The molecule has 0 unspecified atom stereocenters. The van der Waals surface area contributed by atoms with Gasteiger partial charge in [0.05, 0.1) is 30.7 Å². The van der Waals surface area contributed by atoms with E-state index in [2.05, 4.69) is 5.32 Å². The quantitative estimate of drug-likeness (QED) is 0.473. The largest absolute Gasteiger partial charge is 0.497 e. The Balaban J connectivity index is 1.85. The van der Waals surface area contributed by atoms with Gasteiger partial charge in [-0.3, -0.25) is 9.59 Å². The summed E-state index contributed by atoms with van der Waals surface area (Å²) in [7, 11) is 1.57. The van der Waals surface area contributed by atoms with Gasteiger partial charge in [0.1, 0.15) is 17.2 Å². The first kappa shape index (κ1) is 22.4. The molecule has 0 aliphatic carbocycles. The normalized spacial score (nSPS) is 13.5. The molecule has 168 valence electrons. The molecule has 3 aromatic carbocycles. The SMILES string of the molecule is CCOc1ccccc1NC1=C(c2ccc(OC)cc2)C(=O)N(c2cccc(Cl)c2C)C1=O. The molecule has 1 aliphatic rings. The van der Waals surface area contributed by atoms with Gasteiger partial charge in [-0.25, -0.2) is 4.90 Å². The molecule has 0 saturated heterocycles. The van der Waals surface area contributed by atoms with Gasteiger partial charge in [0.2, 0.25) is 0 Å². The van der Waals surface area contributed by atoms with Gasteiger partial charge in [-0.15, -0.1) is 0 Å². The summed E-state index contributed by atoms with van der Waals surface area (Å²) in [5.74, 6) is 0.323. The lowest BCUT2D eigenvalue weighted by atomic mass is 10.0. The van der Waals surface area contributed by atoms with E-state index >= 15 is 0 Å². The van der Waals surface area contributed by atoms with Crippen LogP contribution in [-0.2, 0) is 9.59 Å². The highest BCUT2D eigenvalue weighted by Crippen LogP contribution is 2.38. The second-order valence-electron chi connectivity index (χ2n) is 7.36. The first-order valence-electron chi connectivity index (χ1n) is 10.5. The number of halogens is 1. The molecule has 1 heterocycles. The highest BCUT2D eigenvalue weighted by atomic mass is 35.5. The number of nitrogens with one attached hydrogen (secondary N) is 1. The molecule has 0 spiro atoms. The lowest BCUT2D eigenvalue weighted by Crippen LogP contribution is -2.33. The molecule has 6 nitrogen and oxygen atoms in total. The molecule has 0 fully saturated rings. The molecule has 0 atom stereocenters. The van der Waals surface area contributed by atoms with Crippen LogP contribution in [0.5, 0.6) is 11.5 Å². The van der Waals surface area contributed by atoms with Crippen molar-refractivity contribution < 1.29 is 19.1 Å². The van der Waals surface area contributed by atoms with Crippen LogP contribution in [0.2, 0.25) is 5.02 Å². The minimum atomic E-state index is -0.470. The summed E-state index contributed by atoms with van der Waals surface area (Å²) in [6.45, 7) is 4.12. The van der Waals surface area contributed by atoms with Gasteiger partial charge in [-0.2, -0.15) is 0 Å². The zero-order valence-corrected chi connectivity index (χ0v) is 19.3. The molecule has 0 saturated carbocycles. The number of para-hydroxylation sites is 2. The number of ether oxygens (including phenoxy) is 2. The summed E-state index contributed by atoms with van der Waals surface area (Å²) < 4.78 is 10.9. The lowest BCUT2D eigenvalue weighted by Gasteiger charge is -2.18. The van der Waals surface area contributed by atoms with Gasteiger partial charge >= 0.3 is 0 Å². The maximum absolute atomic E-state index is 13.6. The van der Waals surface area contributed by atoms with Crippen molar-refractivity contribution in [1.82, 2.24) is 0 Å². The van der Waals surface area contributed by atoms with Crippen LogP contribution in [0.25, 0.3) is 5.57 Å². The maximum Gasteiger partial charge on any atom is 0.282 e. The van der Waals surface area contributed by atoms with Crippen LogP contribution in [-0.4, -0.2) is 25.5 Å². The Bertz CT molecular complexity index is 1250. The Morgan fingerprint density at radius 1 is 0.939 bits per heavy atom. The summed E-state index contributed by atoms with van der Waals surface area (Å²) in [5.41, 5.74) is 2.69. The van der Waals surface area contributed by atoms with Crippen molar-refractivity contribution >= 4 is 40.4 Å². The summed E-state index contributed by atoms with van der Waals surface area (Å²) in [4.78, 5) is 28.4.